The maximum absolute atomic E-state index is 10.9. The Kier molecular flexibility index (Phi) is 5.86. The van der Waals surface area contributed by atoms with Crippen LogP contribution >= 0.6 is 0 Å². The van der Waals surface area contributed by atoms with Gasteiger partial charge in [0.2, 0.25) is 0 Å². The van der Waals surface area contributed by atoms with Crippen LogP contribution in [0, 0.1) is 5.92 Å². The second-order valence-corrected chi connectivity index (χ2v) is 8.18. The normalized spacial score (nSPS) is 22.5. The van der Waals surface area contributed by atoms with Gasteiger partial charge in [0.1, 0.15) is 0 Å². The molecular formula is C24H29N3O2. The molecule has 152 valence electrons. The lowest BCUT2D eigenvalue weighted by Crippen LogP contribution is -2.37. The predicted molar refractivity (Wildman–Crippen MR) is 117 cm³/mol. The number of hydrogen-bond donors (Lipinski definition) is 3. The van der Waals surface area contributed by atoms with E-state index >= 15 is 0 Å². The van der Waals surface area contributed by atoms with Crippen molar-refractivity contribution in [2.24, 2.45) is 11.7 Å². The van der Waals surface area contributed by atoms with Gasteiger partial charge in [0, 0.05) is 30.7 Å². The van der Waals surface area contributed by atoms with Gasteiger partial charge in [0.25, 0.3) is 5.91 Å². The molecule has 4 rings (SSSR count). The fourth-order valence-electron chi connectivity index (χ4n) is 4.21. The maximum Gasteiger partial charge on any atom is 0.283 e. The van der Waals surface area contributed by atoms with Gasteiger partial charge >= 0.3 is 0 Å². The highest BCUT2D eigenvalue weighted by molar-refractivity contribution is 5.94. The van der Waals surface area contributed by atoms with Gasteiger partial charge in [0.05, 0.1) is 0 Å². The first kappa shape index (κ1) is 19.5. The number of hydrogen-bond acceptors (Lipinski definition) is 4. The van der Waals surface area contributed by atoms with Crippen LogP contribution in [0.15, 0.2) is 60.4 Å². The standard InChI is InChI=1S/C24H29N3O2/c25-24(29)23(28)14-17-6-8-20(9-7-17)27-12-10-18(11-13-27)16-26-22-15-21(22)19-4-2-1-3-5-19/h1-9,14,18,21-22,26,28H,10-13,15-16H2,(H2,25,29). The number of carbonyl (C=O) groups excluding carboxylic acids is 1. The van der Waals surface area contributed by atoms with Crippen LogP contribution in [0.5, 0.6) is 0 Å². The summed E-state index contributed by atoms with van der Waals surface area (Å²) < 4.78 is 0. The van der Waals surface area contributed by atoms with Gasteiger partial charge in [-0.1, -0.05) is 42.5 Å². The third kappa shape index (κ3) is 4.98. The van der Waals surface area contributed by atoms with Crippen LogP contribution in [0.3, 0.4) is 0 Å². The molecule has 1 saturated carbocycles. The van der Waals surface area contributed by atoms with E-state index in [1.807, 2.05) is 24.3 Å². The highest BCUT2D eigenvalue weighted by Gasteiger charge is 2.38. The van der Waals surface area contributed by atoms with Crippen LogP contribution in [0.4, 0.5) is 5.69 Å². The van der Waals surface area contributed by atoms with Crippen molar-refractivity contribution in [2.45, 2.75) is 31.2 Å². The van der Waals surface area contributed by atoms with E-state index < -0.39 is 11.7 Å². The van der Waals surface area contributed by atoms with E-state index in [-0.39, 0.29) is 0 Å². The molecule has 2 unspecified atom stereocenters. The van der Waals surface area contributed by atoms with Crippen molar-refractivity contribution in [2.75, 3.05) is 24.5 Å². The molecule has 2 aromatic rings. The van der Waals surface area contributed by atoms with Crippen LogP contribution < -0.4 is 16.0 Å². The van der Waals surface area contributed by atoms with Crippen molar-refractivity contribution >= 4 is 17.7 Å². The molecule has 29 heavy (non-hydrogen) atoms. The minimum atomic E-state index is -0.814. The van der Waals surface area contributed by atoms with Crippen LogP contribution in [0.2, 0.25) is 0 Å². The zero-order chi connectivity index (χ0) is 20.2. The smallest absolute Gasteiger partial charge is 0.283 e. The summed E-state index contributed by atoms with van der Waals surface area (Å²) in [7, 11) is 0. The Hall–Kier alpha value is -2.79. The monoisotopic (exact) mass is 391 g/mol. The van der Waals surface area contributed by atoms with E-state index in [0.29, 0.717) is 12.0 Å². The van der Waals surface area contributed by atoms with Crippen LogP contribution in [-0.4, -0.2) is 36.7 Å². The first-order valence-electron chi connectivity index (χ1n) is 10.4. The van der Waals surface area contributed by atoms with E-state index in [0.717, 1.165) is 31.1 Å². The van der Waals surface area contributed by atoms with E-state index in [1.54, 1.807) is 0 Å². The summed E-state index contributed by atoms with van der Waals surface area (Å²) in [6.45, 7) is 3.22. The molecule has 0 radical (unpaired) electrons. The van der Waals surface area contributed by atoms with Crippen molar-refractivity contribution in [1.82, 2.24) is 5.32 Å². The molecule has 2 fully saturated rings. The SMILES string of the molecule is NC(=O)C(O)=Cc1ccc(N2CCC(CNC3CC3c3ccccc3)CC2)cc1. The Morgan fingerprint density at radius 3 is 2.45 bits per heavy atom. The highest BCUT2D eigenvalue weighted by atomic mass is 16.3. The minimum Gasteiger partial charge on any atom is -0.503 e. The molecule has 2 aromatic carbocycles. The van der Waals surface area contributed by atoms with Crippen LogP contribution in [0.25, 0.3) is 6.08 Å². The number of piperidine rings is 1. The fourth-order valence-corrected chi connectivity index (χ4v) is 4.21. The first-order chi connectivity index (χ1) is 14.1. The number of benzene rings is 2. The van der Waals surface area contributed by atoms with Gasteiger partial charge in [-0.15, -0.1) is 0 Å². The number of nitrogens with two attached hydrogens (primary N) is 1. The van der Waals surface area contributed by atoms with Crippen molar-refractivity contribution in [3.8, 4) is 0 Å². The van der Waals surface area contributed by atoms with Crippen LogP contribution in [0.1, 0.15) is 36.3 Å². The summed E-state index contributed by atoms with van der Waals surface area (Å²) in [4.78, 5) is 13.3. The molecule has 2 aliphatic rings. The van der Waals surface area contributed by atoms with Crippen molar-refractivity contribution in [1.29, 1.82) is 0 Å². The number of aliphatic hydroxyl groups excluding tert-OH is 1. The number of anilines is 1. The summed E-state index contributed by atoms with van der Waals surface area (Å²) in [6, 6.07) is 19.3. The summed E-state index contributed by atoms with van der Waals surface area (Å²) >= 11 is 0. The average Bonchev–Trinajstić information content (AvgIpc) is 3.53. The summed E-state index contributed by atoms with van der Waals surface area (Å²) in [5.74, 6) is 0.193. The molecule has 0 aromatic heterocycles. The predicted octanol–water partition coefficient (Wildman–Crippen LogP) is 3.43. The van der Waals surface area contributed by atoms with Gasteiger partial charge in [-0.25, -0.2) is 0 Å². The molecule has 0 spiro atoms. The third-order valence-electron chi connectivity index (χ3n) is 6.12. The number of aliphatic hydroxyl groups is 1. The second kappa shape index (κ2) is 8.70. The molecule has 1 aliphatic heterocycles. The number of rotatable bonds is 7. The van der Waals surface area contributed by atoms with Gasteiger partial charge in [-0.3, -0.25) is 4.79 Å². The Morgan fingerprint density at radius 2 is 1.79 bits per heavy atom. The molecule has 1 amide bonds. The molecule has 4 N–H and O–H groups in total. The Labute approximate surface area is 172 Å². The van der Waals surface area contributed by atoms with Crippen molar-refractivity contribution < 1.29 is 9.90 Å². The molecule has 5 heteroatoms. The lowest BCUT2D eigenvalue weighted by atomic mass is 9.96. The van der Waals surface area contributed by atoms with Gasteiger partial charge in [-0.05, 0) is 61.1 Å². The van der Waals surface area contributed by atoms with Crippen LogP contribution in [-0.2, 0) is 4.79 Å². The van der Waals surface area contributed by atoms with E-state index in [2.05, 4.69) is 40.5 Å². The maximum atomic E-state index is 10.9. The zero-order valence-electron chi connectivity index (χ0n) is 16.6. The molecular weight excluding hydrogens is 362 g/mol. The molecule has 0 bridgehead atoms. The second-order valence-electron chi connectivity index (χ2n) is 8.18. The lowest BCUT2D eigenvalue weighted by Gasteiger charge is -2.34. The van der Waals surface area contributed by atoms with E-state index in [1.165, 1.54) is 36.6 Å². The third-order valence-corrected chi connectivity index (χ3v) is 6.12. The number of amides is 1. The molecule has 1 aliphatic carbocycles. The molecule has 1 saturated heterocycles. The van der Waals surface area contributed by atoms with E-state index in [4.69, 9.17) is 5.73 Å². The first-order valence-corrected chi connectivity index (χ1v) is 10.4. The zero-order valence-corrected chi connectivity index (χ0v) is 16.6. The molecule has 5 nitrogen and oxygen atoms in total. The lowest BCUT2D eigenvalue weighted by molar-refractivity contribution is -0.116. The Bertz CT molecular complexity index is 855. The summed E-state index contributed by atoms with van der Waals surface area (Å²) in [5, 5.41) is 13.3. The topological polar surface area (TPSA) is 78.6 Å². The number of carbonyl (C=O) groups is 1. The number of primary amides is 1. The minimum absolute atomic E-state index is 0.420. The van der Waals surface area contributed by atoms with Gasteiger partial charge in [-0.2, -0.15) is 0 Å². The van der Waals surface area contributed by atoms with Gasteiger partial charge in [0.15, 0.2) is 5.76 Å². The Morgan fingerprint density at radius 1 is 1.10 bits per heavy atom. The largest absolute Gasteiger partial charge is 0.503 e. The summed E-state index contributed by atoms with van der Waals surface area (Å²) in [5.41, 5.74) is 8.46. The van der Waals surface area contributed by atoms with E-state index in [9.17, 15) is 9.90 Å². The Balaban J connectivity index is 1.22. The quantitative estimate of drug-likeness (QED) is 0.499. The molecule has 1 heterocycles. The molecule has 2 atom stereocenters. The van der Waals surface area contributed by atoms with Crippen molar-refractivity contribution in [3.05, 3.63) is 71.5 Å². The van der Waals surface area contributed by atoms with Gasteiger partial charge < -0.3 is 21.1 Å². The average molecular weight is 392 g/mol. The van der Waals surface area contributed by atoms with Crippen molar-refractivity contribution in [3.63, 3.8) is 0 Å². The summed E-state index contributed by atoms with van der Waals surface area (Å²) in [6.07, 6.45) is 5.04. The number of nitrogens with one attached hydrogen (secondary N) is 1. The number of nitrogens with zero attached hydrogens (tertiary/aromatic N) is 1. The highest BCUT2D eigenvalue weighted by Crippen LogP contribution is 2.40. The fraction of sp³-hybridized carbons (Fsp3) is 0.375.